The van der Waals surface area contributed by atoms with Crippen LogP contribution in [0.1, 0.15) is 16.7 Å². The fraction of sp³-hybridized carbons (Fsp3) is 0.200. The van der Waals surface area contributed by atoms with Crippen LogP contribution in [-0.4, -0.2) is 7.11 Å². The van der Waals surface area contributed by atoms with E-state index in [0.717, 1.165) is 12.3 Å². The molecule has 3 aromatic carbocycles. The second-order valence-corrected chi connectivity index (χ2v) is 5.57. The minimum atomic E-state index is 0.745. The van der Waals surface area contributed by atoms with Gasteiger partial charge < -0.3 is 10.1 Å². The molecule has 0 amide bonds. The molecule has 0 aliphatic rings. The molecule has 0 aromatic heterocycles. The molecule has 0 radical (unpaired) electrons. The van der Waals surface area contributed by atoms with Gasteiger partial charge >= 0.3 is 0 Å². The molecule has 3 aromatic rings. The molecule has 0 heterocycles. The largest absolute Gasteiger partial charge is 0.496 e. The van der Waals surface area contributed by atoms with Gasteiger partial charge in [0.2, 0.25) is 0 Å². The number of nitrogens with one attached hydrogen (secondary N) is 1. The number of fused-ring (bicyclic) bond motifs is 1. The summed E-state index contributed by atoms with van der Waals surface area (Å²) in [6, 6.07) is 18.9. The van der Waals surface area contributed by atoms with Gasteiger partial charge in [0.1, 0.15) is 5.75 Å². The van der Waals surface area contributed by atoms with Crippen molar-refractivity contribution in [1.82, 2.24) is 0 Å². The van der Waals surface area contributed by atoms with Crippen molar-refractivity contribution in [2.45, 2.75) is 20.4 Å². The van der Waals surface area contributed by atoms with Gasteiger partial charge in [-0.15, -0.1) is 0 Å². The highest BCUT2D eigenvalue weighted by Crippen LogP contribution is 2.29. The van der Waals surface area contributed by atoms with E-state index in [-0.39, 0.29) is 0 Å². The van der Waals surface area contributed by atoms with E-state index < -0.39 is 0 Å². The lowest BCUT2D eigenvalue weighted by Gasteiger charge is -2.15. The number of benzene rings is 3. The van der Waals surface area contributed by atoms with Crippen LogP contribution in [0.4, 0.5) is 5.69 Å². The molecule has 22 heavy (non-hydrogen) atoms. The Hall–Kier alpha value is -2.48. The normalized spacial score (nSPS) is 10.7. The van der Waals surface area contributed by atoms with Gasteiger partial charge in [-0.2, -0.15) is 0 Å². The number of ether oxygens (including phenoxy) is 1. The highest BCUT2D eigenvalue weighted by atomic mass is 16.5. The number of rotatable bonds is 4. The van der Waals surface area contributed by atoms with Crippen molar-refractivity contribution < 1.29 is 4.74 Å². The summed E-state index contributed by atoms with van der Waals surface area (Å²) in [7, 11) is 1.73. The van der Waals surface area contributed by atoms with Gasteiger partial charge in [-0.1, -0.05) is 42.5 Å². The fourth-order valence-corrected chi connectivity index (χ4v) is 2.82. The van der Waals surface area contributed by atoms with E-state index in [1.165, 1.54) is 33.2 Å². The van der Waals surface area contributed by atoms with Crippen LogP contribution in [0.3, 0.4) is 0 Å². The minimum absolute atomic E-state index is 0.745. The third kappa shape index (κ3) is 2.64. The summed E-state index contributed by atoms with van der Waals surface area (Å²) >= 11 is 0. The Labute approximate surface area is 131 Å². The first-order chi connectivity index (χ1) is 10.7. The second kappa shape index (κ2) is 6.10. The molecule has 0 saturated carbocycles. The lowest BCUT2D eigenvalue weighted by atomic mass is 10.0. The Bertz CT molecular complexity index is 808. The molecule has 0 aliphatic heterocycles. The molecule has 0 aliphatic carbocycles. The van der Waals surface area contributed by atoms with E-state index in [1.807, 2.05) is 6.07 Å². The maximum absolute atomic E-state index is 5.56. The molecule has 0 atom stereocenters. The summed E-state index contributed by atoms with van der Waals surface area (Å²) in [5.74, 6) is 0.927. The van der Waals surface area contributed by atoms with Crippen LogP contribution in [0.15, 0.2) is 54.6 Å². The predicted octanol–water partition coefficient (Wildman–Crippen LogP) is 5.08. The summed E-state index contributed by atoms with van der Waals surface area (Å²) in [5.41, 5.74) is 4.97. The van der Waals surface area contributed by atoms with Crippen molar-refractivity contribution in [2.24, 2.45) is 0 Å². The van der Waals surface area contributed by atoms with Gasteiger partial charge in [-0.05, 0) is 47.9 Å². The molecular weight excluding hydrogens is 270 g/mol. The molecule has 2 heteroatoms. The molecule has 0 saturated heterocycles. The van der Waals surface area contributed by atoms with Crippen molar-refractivity contribution in [3.8, 4) is 5.75 Å². The molecule has 112 valence electrons. The van der Waals surface area contributed by atoms with Crippen LogP contribution in [0.25, 0.3) is 10.8 Å². The van der Waals surface area contributed by atoms with Crippen molar-refractivity contribution in [3.05, 3.63) is 71.3 Å². The molecule has 3 rings (SSSR count). The van der Waals surface area contributed by atoms with E-state index in [1.54, 1.807) is 7.11 Å². The molecule has 0 fully saturated rings. The number of hydrogen-bond acceptors (Lipinski definition) is 2. The van der Waals surface area contributed by atoms with Gasteiger partial charge in [0.05, 0.1) is 7.11 Å². The monoisotopic (exact) mass is 291 g/mol. The third-order valence-electron chi connectivity index (χ3n) is 4.28. The zero-order valence-corrected chi connectivity index (χ0v) is 13.3. The Kier molecular flexibility index (Phi) is 4.01. The maximum Gasteiger partial charge on any atom is 0.124 e. The molecule has 0 unspecified atom stereocenters. The van der Waals surface area contributed by atoms with Crippen LogP contribution in [0.5, 0.6) is 5.75 Å². The molecular formula is C20H21NO. The average molecular weight is 291 g/mol. The highest BCUT2D eigenvalue weighted by Gasteiger charge is 2.09. The summed E-state index contributed by atoms with van der Waals surface area (Å²) in [6.45, 7) is 5.03. The van der Waals surface area contributed by atoms with Gasteiger partial charge in [0, 0.05) is 17.8 Å². The molecule has 1 N–H and O–H groups in total. The summed E-state index contributed by atoms with van der Waals surface area (Å²) < 4.78 is 5.56. The van der Waals surface area contributed by atoms with Crippen molar-refractivity contribution >= 4 is 16.5 Å². The van der Waals surface area contributed by atoms with Crippen molar-refractivity contribution in [3.63, 3.8) is 0 Å². The van der Waals surface area contributed by atoms with Gasteiger partial charge in [-0.3, -0.25) is 0 Å². The van der Waals surface area contributed by atoms with Crippen LogP contribution in [0.2, 0.25) is 0 Å². The van der Waals surface area contributed by atoms with Crippen molar-refractivity contribution in [2.75, 3.05) is 12.4 Å². The number of aryl methyl sites for hydroxylation is 1. The number of methoxy groups -OCH3 is 1. The van der Waals surface area contributed by atoms with Crippen LogP contribution >= 0.6 is 0 Å². The lowest BCUT2D eigenvalue weighted by Crippen LogP contribution is -2.04. The van der Waals surface area contributed by atoms with Crippen LogP contribution < -0.4 is 10.1 Å². The SMILES string of the molecule is COc1ccc2ccccc2c1CNc1cccc(C)c1C. The van der Waals surface area contributed by atoms with E-state index in [2.05, 4.69) is 67.7 Å². The maximum atomic E-state index is 5.56. The first-order valence-electron chi connectivity index (χ1n) is 7.55. The minimum Gasteiger partial charge on any atom is -0.496 e. The molecule has 2 nitrogen and oxygen atoms in total. The Morgan fingerprint density at radius 2 is 1.73 bits per heavy atom. The number of anilines is 1. The second-order valence-electron chi connectivity index (χ2n) is 5.57. The predicted molar refractivity (Wildman–Crippen MR) is 93.7 cm³/mol. The summed E-state index contributed by atoms with van der Waals surface area (Å²) in [6.07, 6.45) is 0. The van der Waals surface area contributed by atoms with Gasteiger partial charge in [0.25, 0.3) is 0 Å². The lowest BCUT2D eigenvalue weighted by molar-refractivity contribution is 0.411. The van der Waals surface area contributed by atoms with Crippen molar-refractivity contribution in [1.29, 1.82) is 0 Å². The average Bonchev–Trinajstić information content (AvgIpc) is 2.56. The summed E-state index contributed by atoms with van der Waals surface area (Å²) in [5, 5.41) is 6.03. The number of hydrogen-bond donors (Lipinski definition) is 1. The zero-order valence-electron chi connectivity index (χ0n) is 13.3. The smallest absolute Gasteiger partial charge is 0.124 e. The Morgan fingerprint density at radius 1 is 0.909 bits per heavy atom. The van der Waals surface area contributed by atoms with E-state index >= 15 is 0 Å². The summed E-state index contributed by atoms with van der Waals surface area (Å²) in [4.78, 5) is 0. The van der Waals surface area contributed by atoms with Crippen LogP contribution in [-0.2, 0) is 6.54 Å². The van der Waals surface area contributed by atoms with Crippen LogP contribution in [0, 0.1) is 13.8 Å². The standard InChI is InChI=1S/C20H21NO/c1-14-7-6-10-19(15(14)2)21-13-18-17-9-5-4-8-16(17)11-12-20(18)22-3/h4-12,21H,13H2,1-3H3. The zero-order chi connectivity index (χ0) is 15.5. The third-order valence-corrected chi connectivity index (χ3v) is 4.28. The Morgan fingerprint density at radius 3 is 2.55 bits per heavy atom. The molecule has 0 bridgehead atoms. The molecule has 0 spiro atoms. The first kappa shape index (κ1) is 14.5. The highest BCUT2D eigenvalue weighted by molar-refractivity contribution is 5.88. The first-order valence-corrected chi connectivity index (χ1v) is 7.55. The topological polar surface area (TPSA) is 21.3 Å². The Balaban J connectivity index is 1.98. The fourth-order valence-electron chi connectivity index (χ4n) is 2.82. The van der Waals surface area contributed by atoms with Gasteiger partial charge in [0.15, 0.2) is 0 Å². The van der Waals surface area contributed by atoms with Gasteiger partial charge in [-0.25, -0.2) is 0 Å². The quantitative estimate of drug-likeness (QED) is 0.724. The van der Waals surface area contributed by atoms with E-state index in [0.29, 0.717) is 0 Å². The van der Waals surface area contributed by atoms with E-state index in [9.17, 15) is 0 Å². The van der Waals surface area contributed by atoms with E-state index in [4.69, 9.17) is 4.74 Å².